The van der Waals surface area contributed by atoms with Crippen LogP contribution in [0.15, 0.2) is 0 Å². The van der Waals surface area contributed by atoms with Crippen molar-refractivity contribution >= 4 is 0 Å². The maximum absolute atomic E-state index is 3.72. The molecule has 2 aliphatic carbocycles. The van der Waals surface area contributed by atoms with Crippen LogP contribution < -0.4 is 5.32 Å². The van der Waals surface area contributed by atoms with Crippen molar-refractivity contribution < 1.29 is 0 Å². The maximum Gasteiger partial charge on any atom is 0.0126 e. The molecule has 0 aliphatic heterocycles. The number of hydrogen-bond acceptors (Lipinski definition) is 1. The van der Waals surface area contributed by atoms with E-state index in [0.29, 0.717) is 0 Å². The van der Waals surface area contributed by atoms with Crippen molar-refractivity contribution in [2.24, 2.45) is 17.8 Å². The smallest absolute Gasteiger partial charge is 0.0126 e. The molecule has 2 aliphatic rings. The summed E-state index contributed by atoms with van der Waals surface area (Å²) in [5.74, 6) is 3.07. The molecule has 76 valence electrons. The number of rotatable bonds is 3. The van der Waals surface area contributed by atoms with Crippen LogP contribution in [-0.2, 0) is 0 Å². The zero-order valence-electron chi connectivity index (χ0n) is 9.05. The molecular weight excluding hydrogens is 158 g/mol. The number of nitrogens with one attached hydrogen (secondary N) is 1. The zero-order chi connectivity index (χ0) is 9.26. The van der Waals surface area contributed by atoms with Gasteiger partial charge in [-0.15, -0.1) is 0 Å². The monoisotopic (exact) mass is 181 g/mol. The number of hydrogen-bond donors (Lipinski definition) is 1. The summed E-state index contributed by atoms with van der Waals surface area (Å²) in [4.78, 5) is 0. The van der Waals surface area contributed by atoms with Crippen molar-refractivity contribution in [1.82, 2.24) is 5.32 Å². The van der Waals surface area contributed by atoms with Crippen molar-refractivity contribution in [1.29, 1.82) is 0 Å². The van der Waals surface area contributed by atoms with Gasteiger partial charge in [-0.2, -0.15) is 0 Å². The molecule has 1 heteroatoms. The van der Waals surface area contributed by atoms with Crippen LogP contribution in [0, 0.1) is 17.8 Å². The SMILES string of the molecule is CCCNC1C(C)C2CCCCC21. The highest BCUT2D eigenvalue weighted by atomic mass is 15.0. The fraction of sp³-hybridized carbons (Fsp3) is 1.00. The van der Waals surface area contributed by atoms with Crippen molar-refractivity contribution in [2.75, 3.05) is 6.54 Å². The molecule has 13 heavy (non-hydrogen) atoms. The van der Waals surface area contributed by atoms with E-state index in [-0.39, 0.29) is 0 Å². The van der Waals surface area contributed by atoms with Gasteiger partial charge >= 0.3 is 0 Å². The molecule has 0 aromatic rings. The second-order valence-corrected chi connectivity index (χ2v) is 4.95. The van der Waals surface area contributed by atoms with E-state index in [4.69, 9.17) is 0 Å². The van der Waals surface area contributed by atoms with Gasteiger partial charge in [-0.05, 0) is 43.6 Å². The fourth-order valence-corrected chi connectivity index (χ4v) is 3.45. The molecule has 2 rings (SSSR count). The van der Waals surface area contributed by atoms with Gasteiger partial charge in [-0.25, -0.2) is 0 Å². The second-order valence-electron chi connectivity index (χ2n) is 4.95. The Bertz CT molecular complexity index is 167. The van der Waals surface area contributed by atoms with Gasteiger partial charge in [0.1, 0.15) is 0 Å². The molecule has 0 saturated heterocycles. The van der Waals surface area contributed by atoms with Gasteiger partial charge in [-0.1, -0.05) is 26.7 Å². The van der Waals surface area contributed by atoms with Gasteiger partial charge in [0.25, 0.3) is 0 Å². The zero-order valence-corrected chi connectivity index (χ0v) is 9.05. The lowest BCUT2D eigenvalue weighted by Crippen LogP contribution is -2.58. The maximum atomic E-state index is 3.72. The summed E-state index contributed by atoms with van der Waals surface area (Å²) in [5, 5.41) is 3.72. The van der Waals surface area contributed by atoms with Gasteiger partial charge in [-0.3, -0.25) is 0 Å². The summed E-state index contributed by atoms with van der Waals surface area (Å²) in [5.41, 5.74) is 0. The molecule has 0 spiro atoms. The molecule has 1 nitrogen and oxygen atoms in total. The quantitative estimate of drug-likeness (QED) is 0.706. The minimum absolute atomic E-state index is 0.866. The van der Waals surface area contributed by atoms with E-state index in [1.54, 1.807) is 0 Å². The first-order valence-electron chi connectivity index (χ1n) is 6.08. The van der Waals surface area contributed by atoms with Crippen LogP contribution in [0.4, 0.5) is 0 Å². The van der Waals surface area contributed by atoms with Crippen molar-refractivity contribution in [3.63, 3.8) is 0 Å². The average molecular weight is 181 g/mol. The molecule has 0 radical (unpaired) electrons. The van der Waals surface area contributed by atoms with E-state index in [1.165, 1.54) is 38.6 Å². The molecule has 0 bridgehead atoms. The molecular formula is C12H23N. The molecule has 2 saturated carbocycles. The Morgan fingerprint density at radius 3 is 2.54 bits per heavy atom. The highest BCUT2D eigenvalue weighted by Gasteiger charge is 2.47. The predicted octanol–water partition coefficient (Wildman–Crippen LogP) is 2.81. The minimum atomic E-state index is 0.866. The van der Waals surface area contributed by atoms with Crippen LogP contribution >= 0.6 is 0 Å². The highest BCUT2D eigenvalue weighted by Crippen LogP contribution is 2.49. The van der Waals surface area contributed by atoms with Crippen LogP contribution in [-0.4, -0.2) is 12.6 Å². The van der Waals surface area contributed by atoms with Gasteiger partial charge in [0, 0.05) is 6.04 Å². The van der Waals surface area contributed by atoms with Crippen LogP contribution in [0.2, 0.25) is 0 Å². The van der Waals surface area contributed by atoms with Crippen molar-refractivity contribution in [2.45, 2.75) is 52.0 Å². The molecule has 4 atom stereocenters. The van der Waals surface area contributed by atoms with Crippen molar-refractivity contribution in [3.8, 4) is 0 Å². The first kappa shape index (κ1) is 9.51. The average Bonchev–Trinajstić information content (AvgIpc) is 2.18. The van der Waals surface area contributed by atoms with E-state index in [2.05, 4.69) is 19.2 Å². The third kappa shape index (κ3) is 1.63. The molecule has 0 heterocycles. The first-order chi connectivity index (χ1) is 6.34. The molecule has 0 aromatic heterocycles. The lowest BCUT2D eigenvalue weighted by molar-refractivity contribution is -0.00917. The molecule has 1 N–H and O–H groups in total. The van der Waals surface area contributed by atoms with Gasteiger partial charge in [0.05, 0.1) is 0 Å². The Kier molecular flexibility index (Phi) is 2.92. The van der Waals surface area contributed by atoms with Crippen LogP contribution in [0.25, 0.3) is 0 Å². The Morgan fingerprint density at radius 1 is 1.15 bits per heavy atom. The van der Waals surface area contributed by atoms with Crippen LogP contribution in [0.5, 0.6) is 0 Å². The van der Waals surface area contributed by atoms with E-state index in [9.17, 15) is 0 Å². The third-order valence-electron chi connectivity index (χ3n) is 4.21. The van der Waals surface area contributed by atoms with E-state index in [0.717, 1.165) is 23.8 Å². The standard InChI is InChI=1S/C12H23N/c1-3-8-13-12-9(2)10-6-4-5-7-11(10)12/h9-13H,3-8H2,1-2H3. The first-order valence-corrected chi connectivity index (χ1v) is 6.08. The number of fused-ring (bicyclic) bond motifs is 1. The molecule has 0 amide bonds. The van der Waals surface area contributed by atoms with E-state index < -0.39 is 0 Å². The molecule has 2 fully saturated rings. The summed E-state index contributed by atoms with van der Waals surface area (Å²) in [7, 11) is 0. The lowest BCUT2D eigenvalue weighted by Gasteiger charge is -2.54. The summed E-state index contributed by atoms with van der Waals surface area (Å²) in [6, 6.07) is 0.866. The normalized spacial score (nSPS) is 43.8. The predicted molar refractivity (Wildman–Crippen MR) is 56.7 cm³/mol. The van der Waals surface area contributed by atoms with E-state index >= 15 is 0 Å². The minimum Gasteiger partial charge on any atom is -0.313 e. The Labute approximate surface area is 82.3 Å². The van der Waals surface area contributed by atoms with Gasteiger partial charge in [0.15, 0.2) is 0 Å². The molecule has 4 unspecified atom stereocenters. The topological polar surface area (TPSA) is 12.0 Å². The van der Waals surface area contributed by atoms with Crippen LogP contribution in [0.3, 0.4) is 0 Å². The summed E-state index contributed by atoms with van der Waals surface area (Å²) in [6.07, 6.45) is 7.26. The second kappa shape index (κ2) is 4.00. The summed E-state index contributed by atoms with van der Waals surface area (Å²) in [6.45, 7) is 5.92. The van der Waals surface area contributed by atoms with E-state index in [1.807, 2.05) is 0 Å². The van der Waals surface area contributed by atoms with Gasteiger partial charge < -0.3 is 5.32 Å². The van der Waals surface area contributed by atoms with Crippen LogP contribution in [0.1, 0.15) is 46.0 Å². The summed E-state index contributed by atoms with van der Waals surface area (Å²) >= 11 is 0. The lowest BCUT2D eigenvalue weighted by atomic mass is 9.56. The third-order valence-corrected chi connectivity index (χ3v) is 4.21. The Hall–Kier alpha value is -0.0400. The Balaban J connectivity index is 1.84. The highest BCUT2D eigenvalue weighted by molar-refractivity contribution is 5.00. The van der Waals surface area contributed by atoms with Gasteiger partial charge in [0.2, 0.25) is 0 Å². The summed E-state index contributed by atoms with van der Waals surface area (Å²) < 4.78 is 0. The fourth-order valence-electron chi connectivity index (χ4n) is 3.45. The Morgan fingerprint density at radius 2 is 1.85 bits per heavy atom. The largest absolute Gasteiger partial charge is 0.313 e. The molecule has 0 aromatic carbocycles. The van der Waals surface area contributed by atoms with Crippen molar-refractivity contribution in [3.05, 3.63) is 0 Å².